The van der Waals surface area contributed by atoms with Crippen molar-refractivity contribution in [3.8, 4) is 0 Å². The molecule has 2 amide bonds. The first-order valence-corrected chi connectivity index (χ1v) is 9.06. The van der Waals surface area contributed by atoms with E-state index >= 15 is 0 Å². The second-order valence-electron chi connectivity index (χ2n) is 5.99. The number of hydrogen-bond donors (Lipinski definition) is 3. The summed E-state index contributed by atoms with van der Waals surface area (Å²) >= 11 is 1.48. The Balaban J connectivity index is 0.00000225. The van der Waals surface area contributed by atoms with E-state index in [9.17, 15) is 9.59 Å². The van der Waals surface area contributed by atoms with Gasteiger partial charge in [-0.1, -0.05) is 6.07 Å². The van der Waals surface area contributed by atoms with Crippen LogP contribution in [0.5, 0.6) is 0 Å². The van der Waals surface area contributed by atoms with Gasteiger partial charge in [0.25, 0.3) is 5.91 Å². The van der Waals surface area contributed by atoms with Crippen molar-refractivity contribution in [1.29, 1.82) is 0 Å². The molecule has 3 rings (SSSR count). The van der Waals surface area contributed by atoms with E-state index in [4.69, 9.17) is 5.73 Å². The largest absolute Gasteiger partial charge is 0.399 e. The lowest BCUT2D eigenvalue weighted by Crippen LogP contribution is -2.34. The topological polar surface area (TPSA) is 84.2 Å². The number of hydrogen-bond acceptors (Lipinski definition) is 4. The maximum Gasteiger partial charge on any atom is 0.252 e. The Kier molecular flexibility index (Phi) is 6.84. The Labute approximate surface area is 157 Å². The molecule has 2 aromatic rings. The molecule has 134 valence electrons. The lowest BCUT2D eigenvalue weighted by atomic mass is 9.87. The number of thiophene rings is 1. The van der Waals surface area contributed by atoms with Crippen molar-refractivity contribution >= 4 is 41.2 Å². The summed E-state index contributed by atoms with van der Waals surface area (Å²) in [6, 6.07) is 7.69. The Morgan fingerprint density at radius 3 is 2.88 bits per heavy atom. The summed E-state index contributed by atoms with van der Waals surface area (Å²) in [5.74, 6) is -0.183. The number of rotatable bonds is 5. The van der Waals surface area contributed by atoms with Crippen molar-refractivity contribution in [3.05, 3.63) is 51.7 Å². The standard InChI is InChI=1S/C18H21N3O2S.ClH/c19-14-4-5-15-12(10-14)2-1-3-16(15)21-17(22)6-8-20-18(23)13-7-9-24-11-13;/h4-5,7,9-11,16H,1-3,6,8,19H2,(H,20,23)(H,21,22);1H. The molecule has 1 aliphatic carbocycles. The third-order valence-electron chi connectivity index (χ3n) is 4.24. The molecule has 1 aromatic heterocycles. The lowest BCUT2D eigenvalue weighted by Gasteiger charge is -2.26. The fraction of sp³-hybridized carbons (Fsp3) is 0.333. The summed E-state index contributed by atoms with van der Waals surface area (Å²) in [6.07, 6.45) is 3.25. The predicted octanol–water partition coefficient (Wildman–Crippen LogP) is 3.07. The smallest absolute Gasteiger partial charge is 0.252 e. The minimum Gasteiger partial charge on any atom is -0.399 e. The molecular weight excluding hydrogens is 358 g/mol. The molecule has 4 N–H and O–H groups in total. The molecule has 1 unspecified atom stereocenters. The van der Waals surface area contributed by atoms with E-state index < -0.39 is 0 Å². The van der Waals surface area contributed by atoms with Gasteiger partial charge in [-0.25, -0.2) is 0 Å². The molecule has 0 saturated carbocycles. The van der Waals surface area contributed by atoms with Crippen LogP contribution >= 0.6 is 23.7 Å². The van der Waals surface area contributed by atoms with Crippen LogP contribution in [0.2, 0.25) is 0 Å². The zero-order valence-corrected chi connectivity index (χ0v) is 15.4. The fourth-order valence-corrected chi connectivity index (χ4v) is 3.67. The average molecular weight is 380 g/mol. The third kappa shape index (κ3) is 4.96. The minimum atomic E-state index is -0.137. The van der Waals surface area contributed by atoms with Crippen molar-refractivity contribution in [1.82, 2.24) is 10.6 Å². The molecule has 1 atom stereocenters. The highest BCUT2D eigenvalue weighted by Crippen LogP contribution is 2.30. The van der Waals surface area contributed by atoms with Crippen molar-refractivity contribution in [2.75, 3.05) is 12.3 Å². The summed E-state index contributed by atoms with van der Waals surface area (Å²) in [7, 11) is 0. The Hall–Kier alpha value is -2.05. The monoisotopic (exact) mass is 379 g/mol. The van der Waals surface area contributed by atoms with Crippen LogP contribution in [-0.2, 0) is 11.2 Å². The van der Waals surface area contributed by atoms with E-state index in [1.54, 1.807) is 11.4 Å². The number of nitrogens with one attached hydrogen (secondary N) is 2. The molecule has 0 fully saturated rings. The van der Waals surface area contributed by atoms with Crippen LogP contribution in [0.3, 0.4) is 0 Å². The van der Waals surface area contributed by atoms with Gasteiger partial charge in [-0.2, -0.15) is 11.3 Å². The predicted molar refractivity (Wildman–Crippen MR) is 103 cm³/mol. The van der Waals surface area contributed by atoms with Gasteiger partial charge >= 0.3 is 0 Å². The Bertz CT molecular complexity index is 734. The van der Waals surface area contributed by atoms with Crippen molar-refractivity contribution in [3.63, 3.8) is 0 Å². The normalized spacial score (nSPS) is 15.6. The highest BCUT2D eigenvalue weighted by atomic mass is 35.5. The van der Waals surface area contributed by atoms with Gasteiger partial charge in [0.15, 0.2) is 0 Å². The molecule has 1 heterocycles. The molecule has 1 aromatic carbocycles. The number of fused-ring (bicyclic) bond motifs is 1. The summed E-state index contributed by atoms with van der Waals surface area (Å²) < 4.78 is 0. The van der Waals surface area contributed by atoms with E-state index in [0.29, 0.717) is 12.1 Å². The third-order valence-corrected chi connectivity index (χ3v) is 4.92. The van der Waals surface area contributed by atoms with Crippen LogP contribution in [-0.4, -0.2) is 18.4 Å². The molecule has 7 heteroatoms. The van der Waals surface area contributed by atoms with Gasteiger partial charge in [-0.05, 0) is 54.0 Å². The molecule has 0 aliphatic heterocycles. The second-order valence-corrected chi connectivity index (χ2v) is 6.77. The van der Waals surface area contributed by atoms with Gasteiger partial charge in [-0.3, -0.25) is 9.59 Å². The number of benzene rings is 1. The molecule has 1 aliphatic rings. The average Bonchev–Trinajstić information content (AvgIpc) is 3.09. The van der Waals surface area contributed by atoms with Gasteiger partial charge in [0, 0.05) is 29.6 Å². The van der Waals surface area contributed by atoms with Crippen molar-refractivity contribution < 1.29 is 9.59 Å². The molecule has 0 saturated heterocycles. The second kappa shape index (κ2) is 8.87. The highest BCUT2D eigenvalue weighted by Gasteiger charge is 2.21. The number of anilines is 1. The minimum absolute atomic E-state index is 0. The lowest BCUT2D eigenvalue weighted by molar-refractivity contribution is -0.121. The molecule has 0 radical (unpaired) electrons. The zero-order chi connectivity index (χ0) is 16.9. The van der Waals surface area contributed by atoms with Crippen LogP contribution in [0.25, 0.3) is 0 Å². The summed E-state index contributed by atoms with van der Waals surface area (Å²) in [5.41, 5.74) is 9.61. The SMILES string of the molecule is Cl.Nc1ccc2c(c1)CCCC2NC(=O)CCNC(=O)c1ccsc1. The van der Waals surface area contributed by atoms with Gasteiger partial charge < -0.3 is 16.4 Å². The first-order valence-electron chi connectivity index (χ1n) is 8.11. The first kappa shape index (κ1) is 19.3. The van der Waals surface area contributed by atoms with E-state index in [2.05, 4.69) is 10.6 Å². The van der Waals surface area contributed by atoms with Crippen LogP contribution < -0.4 is 16.4 Å². The van der Waals surface area contributed by atoms with Gasteiger partial charge in [0.1, 0.15) is 0 Å². The van der Waals surface area contributed by atoms with Gasteiger partial charge in [-0.15, -0.1) is 12.4 Å². The van der Waals surface area contributed by atoms with Crippen LogP contribution in [0, 0.1) is 0 Å². The molecule has 25 heavy (non-hydrogen) atoms. The Morgan fingerprint density at radius 1 is 1.28 bits per heavy atom. The highest BCUT2D eigenvalue weighted by molar-refractivity contribution is 7.08. The number of carbonyl (C=O) groups excluding carboxylic acids is 2. The van der Waals surface area contributed by atoms with E-state index in [0.717, 1.165) is 30.5 Å². The van der Waals surface area contributed by atoms with Crippen LogP contribution in [0.4, 0.5) is 5.69 Å². The Morgan fingerprint density at radius 2 is 2.12 bits per heavy atom. The number of nitrogen functional groups attached to an aromatic ring is 1. The number of aryl methyl sites for hydroxylation is 1. The zero-order valence-electron chi connectivity index (χ0n) is 13.8. The molecular formula is C18H22ClN3O2S. The quantitative estimate of drug-likeness (QED) is 0.698. The van der Waals surface area contributed by atoms with E-state index in [1.165, 1.54) is 16.9 Å². The van der Waals surface area contributed by atoms with Crippen LogP contribution in [0.1, 0.15) is 46.8 Å². The van der Waals surface area contributed by atoms with E-state index in [-0.39, 0.29) is 36.7 Å². The van der Waals surface area contributed by atoms with Gasteiger partial charge in [0.2, 0.25) is 5.91 Å². The summed E-state index contributed by atoms with van der Waals surface area (Å²) in [6.45, 7) is 0.335. The maximum atomic E-state index is 12.2. The fourth-order valence-electron chi connectivity index (χ4n) is 3.04. The van der Waals surface area contributed by atoms with Crippen LogP contribution in [0.15, 0.2) is 35.0 Å². The summed E-state index contributed by atoms with van der Waals surface area (Å²) in [4.78, 5) is 24.0. The van der Waals surface area contributed by atoms with Gasteiger partial charge in [0.05, 0.1) is 6.04 Å². The molecule has 0 bridgehead atoms. The maximum absolute atomic E-state index is 12.2. The number of amides is 2. The number of nitrogens with two attached hydrogens (primary N) is 1. The van der Waals surface area contributed by atoms with Crippen molar-refractivity contribution in [2.45, 2.75) is 31.7 Å². The number of halogens is 1. The molecule has 0 spiro atoms. The summed E-state index contributed by atoms with van der Waals surface area (Å²) in [5, 5.41) is 9.49. The first-order chi connectivity index (χ1) is 11.6. The molecule has 5 nitrogen and oxygen atoms in total. The van der Waals surface area contributed by atoms with E-state index in [1.807, 2.05) is 23.6 Å². The number of carbonyl (C=O) groups is 2. The van der Waals surface area contributed by atoms with Crippen molar-refractivity contribution in [2.24, 2.45) is 0 Å².